The van der Waals surface area contributed by atoms with E-state index in [4.69, 9.17) is 0 Å². The first-order chi connectivity index (χ1) is 21.7. The van der Waals surface area contributed by atoms with Crippen molar-refractivity contribution in [2.24, 2.45) is 0 Å². The van der Waals surface area contributed by atoms with E-state index >= 15 is 0 Å². The number of carboxylic acid groups (broad SMARTS) is 3. The van der Waals surface area contributed by atoms with Crippen molar-refractivity contribution in [3.05, 3.63) is 12.2 Å². The molecule has 0 fully saturated rings. The topological polar surface area (TPSA) is 115 Å². The average Bonchev–Trinajstić information content (AvgIpc) is 3.00. The third-order valence-corrected chi connectivity index (χ3v) is 9.67. The fourth-order valence-electron chi connectivity index (χ4n) is 7.28. The molecule has 0 bridgehead atoms. The number of carbonyl (C=O) groups excluding carboxylic acids is 1. The summed E-state index contributed by atoms with van der Waals surface area (Å²) < 4.78 is -0.431. The van der Waals surface area contributed by atoms with Crippen molar-refractivity contribution in [3.8, 4) is 0 Å². The van der Waals surface area contributed by atoms with Crippen LogP contribution in [0.3, 0.4) is 0 Å². The Bertz CT molecular complexity index is 722. The number of nitrogens with zero attached hydrogens (tertiary/aromatic N) is 1. The summed E-state index contributed by atoms with van der Waals surface area (Å²) in [6.45, 7) is 7.92. The molecule has 0 rings (SSSR count). The number of hydrogen-bond donors (Lipinski definition) is 2. The van der Waals surface area contributed by atoms with Crippen LogP contribution in [0, 0.1) is 0 Å². The third kappa shape index (κ3) is 18.1. The van der Waals surface area contributed by atoms with Crippen molar-refractivity contribution < 1.29 is 34.2 Å². The van der Waals surface area contributed by atoms with Crippen molar-refractivity contribution in [1.29, 1.82) is 0 Å². The van der Waals surface area contributed by atoms with Crippen LogP contribution < -0.4 is 5.11 Å². The Labute approximate surface area is 276 Å². The monoisotopic (exact) mass is 638 g/mol. The van der Waals surface area contributed by atoms with E-state index in [-0.39, 0.29) is 25.8 Å². The summed E-state index contributed by atoms with van der Waals surface area (Å²) in [5.74, 6) is -3.55. The Balaban J connectivity index is 4.61. The number of aliphatic carboxylic acids is 3. The van der Waals surface area contributed by atoms with Crippen molar-refractivity contribution in [3.63, 3.8) is 0 Å². The smallest absolute Gasteiger partial charge is 0.362 e. The molecule has 7 nitrogen and oxygen atoms in total. The lowest BCUT2D eigenvalue weighted by molar-refractivity contribution is -0.975. The van der Waals surface area contributed by atoms with E-state index in [2.05, 4.69) is 19.1 Å². The molecule has 2 N–H and O–H groups in total. The highest BCUT2D eigenvalue weighted by atomic mass is 16.4. The SMILES string of the molecule is C/C=C/CCCCCCCCCCCCCCCCCCCC[N+](C(CCC)C(=O)[O-])(C(CCC)C(=O)O)C(CCC)C(=O)O. The fraction of sp³-hybridized carbons (Fsp3) is 0.868. The number of rotatable bonds is 33. The molecule has 0 saturated carbocycles. The molecule has 0 aliphatic carbocycles. The van der Waals surface area contributed by atoms with Gasteiger partial charge in [0.1, 0.15) is 6.04 Å². The maximum Gasteiger partial charge on any atom is 0.362 e. The van der Waals surface area contributed by atoms with Crippen LogP contribution in [-0.4, -0.2) is 57.3 Å². The van der Waals surface area contributed by atoms with E-state index < -0.39 is 40.5 Å². The highest BCUT2D eigenvalue weighted by molar-refractivity contribution is 5.77. The first kappa shape index (κ1) is 43.1. The molecule has 0 saturated heterocycles. The second-order valence-electron chi connectivity index (χ2n) is 13.3. The van der Waals surface area contributed by atoms with Gasteiger partial charge < -0.3 is 20.1 Å². The minimum atomic E-state index is -1.33. The zero-order valence-electron chi connectivity index (χ0n) is 29.7. The van der Waals surface area contributed by atoms with Gasteiger partial charge in [-0.25, -0.2) is 9.59 Å². The largest absolute Gasteiger partial charge is 0.544 e. The summed E-state index contributed by atoms with van der Waals surface area (Å²) in [5, 5.41) is 33.1. The van der Waals surface area contributed by atoms with Crippen molar-refractivity contribution in [2.75, 3.05) is 6.54 Å². The molecule has 264 valence electrons. The summed E-state index contributed by atoms with van der Waals surface area (Å²) >= 11 is 0. The Kier molecular flexibility index (Phi) is 27.2. The highest BCUT2D eigenvalue weighted by Gasteiger charge is 2.54. The molecule has 0 amide bonds. The number of hydrogen-bond acceptors (Lipinski definition) is 4. The quantitative estimate of drug-likeness (QED) is 0.0421. The van der Waals surface area contributed by atoms with Gasteiger partial charge in [0, 0.05) is 19.3 Å². The van der Waals surface area contributed by atoms with E-state index in [1.807, 2.05) is 20.8 Å². The minimum absolute atomic E-state index is 0.209. The van der Waals surface area contributed by atoms with E-state index in [1.54, 1.807) is 0 Å². The van der Waals surface area contributed by atoms with E-state index in [0.717, 1.165) is 19.3 Å². The van der Waals surface area contributed by atoms with Gasteiger partial charge >= 0.3 is 11.9 Å². The molecule has 45 heavy (non-hydrogen) atoms. The molecule has 0 aliphatic rings. The van der Waals surface area contributed by atoms with Gasteiger partial charge in [0.15, 0.2) is 12.1 Å². The Morgan fingerprint density at radius 2 is 0.867 bits per heavy atom. The maximum absolute atomic E-state index is 12.6. The maximum atomic E-state index is 12.6. The first-order valence-electron chi connectivity index (χ1n) is 18.9. The summed E-state index contributed by atoms with van der Waals surface area (Å²) in [6, 6.07) is -3.32. The second-order valence-corrected chi connectivity index (χ2v) is 13.3. The molecule has 0 heterocycles. The Hall–Kier alpha value is -1.89. The highest BCUT2D eigenvalue weighted by Crippen LogP contribution is 2.34. The number of unbranched alkanes of at least 4 members (excludes halogenated alkanes) is 18. The minimum Gasteiger partial charge on any atom is -0.544 e. The molecular weight excluding hydrogens is 566 g/mol. The van der Waals surface area contributed by atoms with Gasteiger partial charge in [0.2, 0.25) is 0 Å². The zero-order chi connectivity index (χ0) is 33.8. The van der Waals surface area contributed by atoms with Crippen LogP contribution in [0.1, 0.15) is 188 Å². The van der Waals surface area contributed by atoms with Crippen LogP contribution in [0.15, 0.2) is 12.2 Å². The summed E-state index contributed by atoms with van der Waals surface area (Å²) in [6.07, 6.45) is 30.1. The molecule has 7 heteroatoms. The van der Waals surface area contributed by atoms with E-state index in [1.165, 1.54) is 96.3 Å². The van der Waals surface area contributed by atoms with Crippen LogP contribution in [0.2, 0.25) is 0 Å². The molecule has 0 aliphatic heterocycles. The van der Waals surface area contributed by atoms with Crippen LogP contribution in [-0.2, 0) is 14.4 Å². The summed E-state index contributed by atoms with van der Waals surface area (Å²) in [7, 11) is 0. The van der Waals surface area contributed by atoms with Gasteiger partial charge in [0.25, 0.3) is 0 Å². The third-order valence-electron chi connectivity index (χ3n) is 9.67. The van der Waals surface area contributed by atoms with Crippen LogP contribution in [0.25, 0.3) is 0 Å². The Morgan fingerprint density at radius 3 is 1.16 bits per heavy atom. The van der Waals surface area contributed by atoms with Crippen molar-refractivity contribution in [1.82, 2.24) is 0 Å². The summed E-state index contributed by atoms with van der Waals surface area (Å²) in [4.78, 5) is 37.7. The predicted octanol–water partition coefficient (Wildman–Crippen LogP) is 9.22. The molecule has 3 atom stereocenters. The molecule has 3 unspecified atom stereocenters. The predicted molar refractivity (Wildman–Crippen MR) is 184 cm³/mol. The molecule has 0 aromatic heterocycles. The van der Waals surface area contributed by atoms with Gasteiger partial charge in [-0.1, -0.05) is 136 Å². The molecule has 0 spiro atoms. The van der Waals surface area contributed by atoms with Gasteiger partial charge in [-0.05, 0) is 45.4 Å². The molecular formula is C38H71NO6. The molecule has 0 radical (unpaired) electrons. The number of carbonyl (C=O) groups is 3. The molecule has 0 aromatic rings. The first-order valence-corrected chi connectivity index (χ1v) is 18.9. The number of quaternary nitrogens is 1. The van der Waals surface area contributed by atoms with Crippen LogP contribution in [0.4, 0.5) is 0 Å². The summed E-state index contributed by atoms with van der Waals surface area (Å²) in [5.41, 5.74) is 0. The van der Waals surface area contributed by atoms with Crippen LogP contribution >= 0.6 is 0 Å². The Morgan fingerprint density at radius 1 is 0.556 bits per heavy atom. The van der Waals surface area contributed by atoms with Gasteiger partial charge in [-0.3, -0.25) is 4.48 Å². The van der Waals surface area contributed by atoms with Crippen LogP contribution in [0.5, 0.6) is 0 Å². The van der Waals surface area contributed by atoms with Crippen molar-refractivity contribution >= 4 is 17.9 Å². The standard InChI is InChI=1S/C38H71NO6/c1-5-9-10-11-12-13-14-15-16-17-18-19-20-21-22-23-24-25-26-27-28-32-39(33(29-6-2)36(40)41,34(30-7-3)37(42)43)35(31-8-4)38(44)45/h5,9,33-35H,6-8,10-32H2,1-4H3,(H2-,40,41,42,43,44,45)/b9-5+. The number of allylic oxidation sites excluding steroid dienone is 2. The van der Waals surface area contributed by atoms with E-state index in [9.17, 15) is 29.7 Å². The van der Waals surface area contributed by atoms with Crippen molar-refractivity contribution in [2.45, 2.75) is 206 Å². The lowest BCUT2D eigenvalue weighted by Gasteiger charge is -2.52. The normalized spacial score (nSPS) is 15.1. The second kappa shape index (κ2) is 28.3. The van der Waals surface area contributed by atoms with Gasteiger partial charge in [0.05, 0.1) is 12.5 Å². The number of carboxylic acids is 3. The average molecular weight is 638 g/mol. The lowest BCUT2D eigenvalue weighted by Crippen LogP contribution is -2.74. The fourth-order valence-corrected chi connectivity index (χ4v) is 7.28. The van der Waals surface area contributed by atoms with Gasteiger partial charge in [-0.15, -0.1) is 0 Å². The molecule has 0 aromatic carbocycles. The van der Waals surface area contributed by atoms with Gasteiger partial charge in [-0.2, -0.15) is 0 Å². The zero-order valence-corrected chi connectivity index (χ0v) is 29.7. The lowest BCUT2D eigenvalue weighted by atomic mass is 9.91. The van der Waals surface area contributed by atoms with E-state index in [0.29, 0.717) is 25.7 Å².